The third kappa shape index (κ3) is 3.03. The molecule has 0 spiro atoms. The van der Waals surface area contributed by atoms with Crippen LogP contribution in [0.4, 0.5) is 0 Å². The first-order valence-corrected chi connectivity index (χ1v) is 8.21. The Morgan fingerprint density at radius 3 is 2.74 bits per heavy atom. The third-order valence-corrected chi connectivity index (χ3v) is 6.38. The van der Waals surface area contributed by atoms with E-state index in [4.69, 9.17) is 0 Å². The number of thiophene rings is 1. The summed E-state index contributed by atoms with van der Waals surface area (Å²) in [6.07, 6.45) is 1.83. The molecular formula is C14H19BrO3S. The minimum atomic E-state index is -0.771. The first-order chi connectivity index (χ1) is 8.93. The van der Waals surface area contributed by atoms with Gasteiger partial charge in [-0.3, -0.25) is 4.79 Å². The zero-order valence-corrected chi connectivity index (χ0v) is 13.5. The van der Waals surface area contributed by atoms with Gasteiger partial charge in [-0.2, -0.15) is 0 Å². The molecular weight excluding hydrogens is 328 g/mol. The topological polar surface area (TPSA) is 57.5 Å². The number of halogens is 1. The Kier molecular flexibility index (Phi) is 4.69. The molecule has 1 saturated carbocycles. The van der Waals surface area contributed by atoms with Crippen LogP contribution in [-0.2, 0) is 4.79 Å². The van der Waals surface area contributed by atoms with Crippen molar-refractivity contribution in [3.05, 3.63) is 20.3 Å². The van der Waals surface area contributed by atoms with E-state index in [2.05, 4.69) is 22.9 Å². The van der Waals surface area contributed by atoms with E-state index in [9.17, 15) is 15.0 Å². The molecule has 2 N–H and O–H groups in total. The highest BCUT2D eigenvalue weighted by atomic mass is 79.9. The lowest BCUT2D eigenvalue weighted by atomic mass is 9.90. The molecule has 1 aliphatic carbocycles. The zero-order valence-electron chi connectivity index (χ0n) is 11.1. The predicted octanol–water partition coefficient (Wildman–Crippen LogP) is 3.99. The summed E-state index contributed by atoms with van der Waals surface area (Å²) in [5.41, 5.74) is 1.09. The van der Waals surface area contributed by atoms with Crippen LogP contribution in [0.1, 0.15) is 42.7 Å². The average Bonchev–Trinajstić information content (AvgIpc) is 2.93. The molecule has 106 valence electrons. The number of aliphatic carboxylic acids is 1. The molecule has 0 radical (unpaired) electrons. The van der Waals surface area contributed by atoms with Gasteiger partial charge >= 0.3 is 5.97 Å². The minimum absolute atomic E-state index is 0.160. The van der Waals surface area contributed by atoms with Crippen molar-refractivity contribution in [2.75, 3.05) is 0 Å². The van der Waals surface area contributed by atoms with E-state index < -0.39 is 18.0 Å². The summed E-state index contributed by atoms with van der Waals surface area (Å²) >= 11 is 4.96. The van der Waals surface area contributed by atoms with E-state index in [0.717, 1.165) is 27.1 Å². The smallest absolute Gasteiger partial charge is 0.306 e. The Hall–Kier alpha value is -0.390. The van der Waals surface area contributed by atoms with Crippen molar-refractivity contribution in [1.29, 1.82) is 0 Å². The fraction of sp³-hybridized carbons (Fsp3) is 0.643. The van der Waals surface area contributed by atoms with Crippen LogP contribution in [-0.4, -0.2) is 16.2 Å². The first-order valence-electron chi connectivity index (χ1n) is 6.60. The largest absolute Gasteiger partial charge is 0.481 e. The second kappa shape index (κ2) is 5.94. The Balaban J connectivity index is 2.21. The second-order valence-corrected chi connectivity index (χ2v) is 7.81. The molecule has 3 nitrogen and oxygen atoms in total. The highest BCUT2D eigenvalue weighted by Crippen LogP contribution is 2.46. The Morgan fingerprint density at radius 2 is 2.26 bits per heavy atom. The van der Waals surface area contributed by atoms with Crippen LogP contribution in [0.25, 0.3) is 0 Å². The summed E-state index contributed by atoms with van der Waals surface area (Å²) < 4.78 is 1.01. The summed E-state index contributed by atoms with van der Waals surface area (Å²) in [7, 11) is 0. The molecule has 0 aliphatic heterocycles. The molecule has 1 aliphatic rings. The van der Waals surface area contributed by atoms with E-state index in [1.54, 1.807) is 0 Å². The van der Waals surface area contributed by atoms with Crippen molar-refractivity contribution in [3.8, 4) is 0 Å². The van der Waals surface area contributed by atoms with Crippen molar-refractivity contribution in [3.63, 3.8) is 0 Å². The van der Waals surface area contributed by atoms with E-state index in [1.807, 2.05) is 13.0 Å². The van der Waals surface area contributed by atoms with Gasteiger partial charge in [0.2, 0.25) is 0 Å². The number of carbonyl (C=O) groups is 1. The van der Waals surface area contributed by atoms with Crippen molar-refractivity contribution < 1.29 is 15.0 Å². The van der Waals surface area contributed by atoms with Gasteiger partial charge in [0.1, 0.15) is 0 Å². The molecule has 1 aromatic heterocycles. The van der Waals surface area contributed by atoms with Gasteiger partial charge in [0.25, 0.3) is 0 Å². The summed E-state index contributed by atoms with van der Waals surface area (Å²) in [6, 6.07) is 1.96. The molecule has 4 unspecified atom stereocenters. The molecule has 19 heavy (non-hydrogen) atoms. The van der Waals surface area contributed by atoms with E-state index in [1.165, 1.54) is 11.3 Å². The fourth-order valence-electron chi connectivity index (χ4n) is 2.99. The fourth-order valence-corrected chi connectivity index (χ4v) is 4.62. The van der Waals surface area contributed by atoms with Crippen molar-refractivity contribution in [2.24, 2.45) is 17.8 Å². The molecule has 0 amide bonds. The zero-order chi connectivity index (χ0) is 14.2. The lowest BCUT2D eigenvalue weighted by molar-refractivity contribution is -0.144. The molecule has 0 aromatic carbocycles. The highest BCUT2D eigenvalue weighted by Gasteiger charge is 2.42. The van der Waals surface area contributed by atoms with Gasteiger partial charge in [-0.25, -0.2) is 0 Å². The van der Waals surface area contributed by atoms with Crippen molar-refractivity contribution in [1.82, 2.24) is 0 Å². The second-order valence-electron chi connectivity index (χ2n) is 5.40. The number of aliphatic hydroxyl groups is 1. The van der Waals surface area contributed by atoms with Gasteiger partial charge in [-0.05, 0) is 53.2 Å². The lowest BCUT2D eigenvalue weighted by Gasteiger charge is -2.21. The Bertz CT molecular complexity index is 452. The molecule has 5 heteroatoms. The maximum atomic E-state index is 11.4. The van der Waals surface area contributed by atoms with Crippen LogP contribution in [0, 0.1) is 24.7 Å². The highest BCUT2D eigenvalue weighted by molar-refractivity contribution is 9.11. The van der Waals surface area contributed by atoms with Gasteiger partial charge in [0, 0.05) is 10.8 Å². The van der Waals surface area contributed by atoms with E-state index in [0.29, 0.717) is 12.3 Å². The van der Waals surface area contributed by atoms with Gasteiger partial charge in [-0.1, -0.05) is 13.3 Å². The number of carboxylic acids is 1. The summed E-state index contributed by atoms with van der Waals surface area (Å²) in [5, 5.41) is 19.9. The normalized spacial score (nSPS) is 28.5. The number of carboxylic acid groups (broad SMARTS) is 1. The van der Waals surface area contributed by atoms with Crippen LogP contribution >= 0.6 is 27.3 Å². The number of aryl methyl sites for hydroxylation is 1. The molecule has 1 aromatic rings. The Labute approximate surface area is 125 Å². The number of hydrogen-bond acceptors (Lipinski definition) is 3. The van der Waals surface area contributed by atoms with Crippen molar-refractivity contribution in [2.45, 2.75) is 39.2 Å². The molecule has 1 heterocycles. The minimum Gasteiger partial charge on any atom is -0.481 e. The Morgan fingerprint density at radius 1 is 1.58 bits per heavy atom. The monoisotopic (exact) mass is 346 g/mol. The lowest BCUT2D eigenvalue weighted by Crippen LogP contribution is -2.23. The molecule has 2 rings (SSSR count). The van der Waals surface area contributed by atoms with Crippen LogP contribution < -0.4 is 0 Å². The maximum Gasteiger partial charge on any atom is 0.306 e. The van der Waals surface area contributed by atoms with Gasteiger partial charge in [0.05, 0.1) is 15.8 Å². The molecule has 4 atom stereocenters. The predicted molar refractivity (Wildman–Crippen MR) is 79.3 cm³/mol. The van der Waals surface area contributed by atoms with Gasteiger partial charge < -0.3 is 10.2 Å². The van der Waals surface area contributed by atoms with Crippen LogP contribution in [0.2, 0.25) is 0 Å². The summed E-state index contributed by atoms with van der Waals surface area (Å²) in [4.78, 5) is 12.2. The third-order valence-electron chi connectivity index (χ3n) is 4.18. The molecule has 0 saturated heterocycles. The standard InChI is InChI=1S/C14H19BrO3S/c1-3-8-5-9(10(6-8)14(17)18)12(16)11-4-7(2)13(15)19-11/h4,8-10,12,16H,3,5-6H2,1-2H3,(H,17,18). The van der Waals surface area contributed by atoms with Gasteiger partial charge in [-0.15, -0.1) is 11.3 Å². The summed E-state index contributed by atoms with van der Waals surface area (Å²) in [6.45, 7) is 4.07. The van der Waals surface area contributed by atoms with Crippen LogP contribution in [0.5, 0.6) is 0 Å². The number of hydrogen-bond donors (Lipinski definition) is 2. The maximum absolute atomic E-state index is 11.4. The average molecular weight is 347 g/mol. The molecule has 0 bridgehead atoms. The number of rotatable bonds is 4. The number of aliphatic hydroxyl groups excluding tert-OH is 1. The first kappa shape index (κ1) is 15.0. The van der Waals surface area contributed by atoms with Crippen LogP contribution in [0.15, 0.2) is 9.85 Å². The van der Waals surface area contributed by atoms with Crippen molar-refractivity contribution >= 4 is 33.2 Å². The molecule has 1 fully saturated rings. The van der Waals surface area contributed by atoms with E-state index >= 15 is 0 Å². The van der Waals surface area contributed by atoms with Gasteiger partial charge in [0.15, 0.2) is 0 Å². The van der Waals surface area contributed by atoms with Crippen LogP contribution in [0.3, 0.4) is 0 Å². The quantitative estimate of drug-likeness (QED) is 0.866. The summed E-state index contributed by atoms with van der Waals surface area (Å²) in [5.74, 6) is -0.925. The van der Waals surface area contributed by atoms with E-state index in [-0.39, 0.29) is 5.92 Å². The SMILES string of the molecule is CCC1CC(C(=O)O)C(C(O)c2cc(C)c(Br)s2)C1.